The van der Waals surface area contributed by atoms with Crippen LogP contribution in [0.3, 0.4) is 0 Å². The Morgan fingerprint density at radius 1 is 1.16 bits per heavy atom. The Labute approximate surface area is 148 Å². The molecule has 0 fully saturated rings. The van der Waals surface area contributed by atoms with Crippen LogP contribution in [0.2, 0.25) is 0 Å². The van der Waals surface area contributed by atoms with Gasteiger partial charge in [0.2, 0.25) is 10.0 Å². The molecular formula is C18H23FN2O3S. The monoisotopic (exact) mass is 366 g/mol. The molecule has 0 aliphatic rings. The lowest BCUT2D eigenvalue weighted by atomic mass is 10.1. The van der Waals surface area contributed by atoms with Gasteiger partial charge >= 0.3 is 0 Å². The fourth-order valence-corrected chi connectivity index (χ4v) is 3.29. The molecule has 0 aliphatic heterocycles. The standard InChI is InChI=1S/C18H23FN2O3S/c1-13(20-11-14-4-9-18(19)16(10-14)12-22)15-5-7-17(8-6-15)25(23,24)21(2)3/h4-10,13,20,22H,11-12H2,1-3H3/t13-/m1/s1. The zero-order chi connectivity index (χ0) is 18.6. The van der Waals surface area contributed by atoms with Crippen molar-refractivity contribution in [1.82, 2.24) is 9.62 Å². The van der Waals surface area contributed by atoms with Gasteiger partial charge in [0.05, 0.1) is 11.5 Å². The molecule has 2 rings (SSSR count). The summed E-state index contributed by atoms with van der Waals surface area (Å²) in [7, 11) is -0.439. The van der Waals surface area contributed by atoms with Crippen molar-refractivity contribution in [3.8, 4) is 0 Å². The van der Waals surface area contributed by atoms with Crippen molar-refractivity contribution in [1.29, 1.82) is 0 Å². The topological polar surface area (TPSA) is 69.6 Å². The van der Waals surface area contributed by atoms with E-state index in [2.05, 4.69) is 5.32 Å². The van der Waals surface area contributed by atoms with Crippen LogP contribution in [0.25, 0.3) is 0 Å². The zero-order valence-electron chi connectivity index (χ0n) is 14.5. The van der Waals surface area contributed by atoms with Crippen molar-refractivity contribution < 1.29 is 17.9 Å². The Kier molecular flexibility index (Phi) is 6.29. The number of aliphatic hydroxyl groups excluding tert-OH is 1. The largest absolute Gasteiger partial charge is 0.392 e. The quantitative estimate of drug-likeness (QED) is 0.790. The van der Waals surface area contributed by atoms with Gasteiger partial charge in [-0.05, 0) is 42.3 Å². The Morgan fingerprint density at radius 2 is 1.80 bits per heavy atom. The van der Waals surface area contributed by atoms with E-state index in [9.17, 15) is 12.8 Å². The van der Waals surface area contributed by atoms with Crippen LogP contribution in [-0.4, -0.2) is 31.9 Å². The number of aliphatic hydroxyl groups is 1. The molecule has 0 bridgehead atoms. The second-order valence-corrected chi connectivity index (χ2v) is 8.19. The number of hydrogen-bond acceptors (Lipinski definition) is 4. The highest BCUT2D eigenvalue weighted by Crippen LogP contribution is 2.19. The summed E-state index contributed by atoms with van der Waals surface area (Å²) in [5.41, 5.74) is 2.08. The number of nitrogens with one attached hydrogen (secondary N) is 1. The van der Waals surface area contributed by atoms with Crippen molar-refractivity contribution in [2.24, 2.45) is 0 Å². The van der Waals surface area contributed by atoms with E-state index in [1.807, 2.05) is 6.92 Å². The SMILES string of the molecule is C[C@@H](NCc1ccc(F)c(CO)c1)c1ccc(S(=O)(=O)N(C)C)cc1. The number of hydrogen-bond donors (Lipinski definition) is 2. The summed E-state index contributed by atoms with van der Waals surface area (Å²) < 4.78 is 38.7. The highest BCUT2D eigenvalue weighted by atomic mass is 32.2. The molecule has 5 nitrogen and oxygen atoms in total. The fraction of sp³-hybridized carbons (Fsp3) is 0.333. The first-order valence-corrected chi connectivity index (χ1v) is 9.33. The van der Waals surface area contributed by atoms with Gasteiger partial charge in [-0.1, -0.05) is 18.2 Å². The number of halogens is 1. The normalized spacial score (nSPS) is 13.2. The van der Waals surface area contributed by atoms with Gasteiger partial charge in [0.1, 0.15) is 5.82 Å². The molecule has 2 aromatic carbocycles. The molecule has 136 valence electrons. The van der Waals surface area contributed by atoms with E-state index >= 15 is 0 Å². The van der Waals surface area contributed by atoms with Crippen molar-refractivity contribution >= 4 is 10.0 Å². The van der Waals surface area contributed by atoms with E-state index in [0.717, 1.165) is 11.1 Å². The molecule has 0 aromatic heterocycles. The van der Waals surface area contributed by atoms with E-state index in [4.69, 9.17) is 5.11 Å². The van der Waals surface area contributed by atoms with Crippen LogP contribution in [0.15, 0.2) is 47.4 Å². The van der Waals surface area contributed by atoms with Gasteiger partial charge in [-0.25, -0.2) is 17.1 Å². The van der Waals surface area contributed by atoms with Gasteiger partial charge in [-0.2, -0.15) is 0 Å². The maximum absolute atomic E-state index is 13.4. The van der Waals surface area contributed by atoms with E-state index in [0.29, 0.717) is 6.54 Å². The van der Waals surface area contributed by atoms with Gasteiger partial charge in [0.15, 0.2) is 0 Å². The van der Waals surface area contributed by atoms with E-state index in [1.165, 1.54) is 24.5 Å². The summed E-state index contributed by atoms with van der Waals surface area (Å²) in [5.74, 6) is -0.419. The Morgan fingerprint density at radius 3 is 2.36 bits per heavy atom. The van der Waals surface area contributed by atoms with Gasteiger partial charge < -0.3 is 10.4 Å². The van der Waals surface area contributed by atoms with Crippen LogP contribution in [-0.2, 0) is 23.2 Å². The first kappa shape index (κ1) is 19.5. The molecular weight excluding hydrogens is 343 g/mol. The van der Waals surface area contributed by atoms with Crippen LogP contribution in [0.5, 0.6) is 0 Å². The first-order valence-electron chi connectivity index (χ1n) is 7.89. The lowest BCUT2D eigenvalue weighted by Gasteiger charge is -2.16. The predicted molar refractivity (Wildman–Crippen MR) is 94.9 cm³/mol. The summed E-state index contributed by atoms with van der Waals surface area (Å²) >= 11 is 0. The molecule has 0 heterocycles. The lowest BCUT2D eigenvalue weighted by Crippen LogP contribution is -2.22. The summed E-state index contributed by atoms with van der Waals surface area (Å²) in [5, 5.41) is 12.4. The van der Waals surface area contributed by atoms with Crippen LogP contribution < -0.4 is 5.32 Å². The highest BCUT2D eigenvalue weighted by molar-refractivity contribution is 7.89. The van der Waals surface area contributed by atoms with Crippen LogP contribution in [0.4, 0.5) is 4.39 Å². The Balaban J connectivity index is 2.05. The zero-order valence-corrected chi connectivity index (χ0v) is 15.3. The second kappa shape index (κ2) is 8.05. The number of nitrogens with zero attached hydrogens (tertiary/aromatic N) is 1. The van der Waals surface area contributed by atoms with Gasteiger partial charge in [0.25, 0.3) is 0 Å². The molecule has 0 unspecified atom stereocenters. The third-order valence-electron chi connectivity index (χ3n) is 4.05. The number of sulfonamides is 1. The molecule has 1 atom stereocenters. The number of rotatable bonds is 7. The maximum atomic E-state index is 13.4. The van der Waals surface area contributed by atoms with Gasteiger partial charge in [0, 0.05) is 32.2 Å². The minimum atomic E-state index is -3.43. The van der Waals surface area contributed by atoms with E-state index in [1.54, 1.807) is 36.4 Å². The van der Waals surface area contributed by atoms with Crippen LogP contribution in [0, 0.1) is 5.82 Å². The van der Waals surface area contributed by atoms with Crippen LogP contribution >= 0.6 is 0 Å². The molecule has 0 saturated carbocycles. The van der Waals surface area contributed by atoms with E-state index < -0.39 is 15.8 Å². The molecule has 0 amide bonds. The first-order chi connectivity index (χ1) is 11.8. The Bertz CT molecular complexity index is 821. The highest BCUT2D eigenvalue weighted by Gasteiger charge is 2.17. The molecule has 7 heteroatoms. The molecule has 0 saturated heterocycles. The third-order valence-corrected chi connectivity index (χ3v) is 5.88. The molecule has 0 aliphatic carbocycles. The molecule has 25 heavy (non-hydrogen) atoms. The summed E-state index contributed by atoms with van der Waals surface area (Å²) in [6, 6.07) is 11.3. The minimum absolute atomic E-state index is 0.0151. The van der Waals surface area contributed by atoms with Gasteiger partial charge in [-0.3, -0.25) is 0 Å². The number of benzene rings is 2. The van der Waals surface area contributed by atoms with Crippen molar-refractivity contribution in [2.45, 2.75) is 31.0 Å². The molecule has 0 spiro atoms. The van der Waals surface area contributed by atoms with Crippen molar-refractivity contribution in [2.75, 3.05) is 14.1 Å². The fourth-order valence-electron chi connectivity index (χ4n) is 2.39. The lowest BCUT2D eigenvalue weighted by molar-refractivity contribution is 0.275. The van der Waals surface area contributed by atoms with Gasteiger partial charge in [-0.15, -0.1) is 0 Å². The maximum Gasteiger partial charge on any atom is 0.242 e. The predicted octanol–water partition coefficient (Wildman–Crippen LogP) is 2.42. The van der Waals surface area contributed by atoms with Crippen LogP contribution in [0.1, 0.15) is 29.7 Å². The summed E-state index contributed by atoms with van der Waals surface area (Å²) in [6.07, 6.45) is 0. The van der Waals surface area contributed by atoms with E-state index in [-0.39, 0.29) is 23.1 Å². The average molecular weight is 366 g/mol. The minimum Gasteiger partial charge on any atom is -0.392 e. The smallest absolute Gasteiger partial charge is 0.242 e. The summed E-state index contributed by atoms with van der Waals surface area (Å²) in [6.45, 7) is 2.13. The molecule has 2 aromatic rings. The Hall–Kier alpha value is -1.80. The summed E-state index contributed by atoms with van der Waals surface area (Å²) in [4.78, 5) is 0.250. The average Bonchev–Trinajstić information content (AvgIpc) is 2.60. The second-order valence-electron chi connectivity index (χ2n) is 6.04. The molecule has 2 N–H and O–H groups in total. The molecule has 0 radical (unpaired) electrons. The third kappa shape index (κ3) is 4.64. The van der Waals surface area contributed by atoms with Crippen molar-refractivity contribution in [3.05, 3.63) is 65.0 Å². The van der Waals surface area contributed by atoms with Crippen molar-refractivity contribution in [3.63, 3.8) is 0 Å².